The molecule has 1 heterocycles. The quantitative estimate of drug-likeness (QED) is 0.151. The van der Waals surface area contributed by atoms with Crippen LogP contribution in [-0.4, -0.2) is 4.57 Å². The van der Waals surface area contributed by atoms with Crippen LogP contribution in [0.25, 0.3) is 60.5 Å². The number of nitrogens with zero attached hydrogens (tertiary/aromatic N) is 3. The summed E-state index contributed by atoms with van der Waals surface area (Å²) >= 11 is 0. The number of hydrogen-bond donors (Lipinski definition) is 0. The lowest BCUT2D eigenvalue weighted by Gasteiger charge is -2.28. The SMILES string of the molecule is [2H]c1c([2H])c(N(c2ccccc2)c2ccc3c(c2)C(C)(C)c2ccccc2-3)c([2H])c([2H])c1-c1ccc2cc(N(c3ccccc3)c3ccc4c5ccccc5n(-c5ccccc5)c4c3)ccc2c1. The van der Waals surface area contributed by atoms with E-state index in [2.05, 4.69) is 169 Å². The average molecular weight is 824 g/mol. The van der Waals surface area contributed by atoms with Gasteiger partial charge >= 0.3 is 0 Å². The minimum absolute atomic E-state index is 0.0923. The van der Waals surface area contributed by atoms with Crippen LogP contribution in [0.3, 0.4) is 0 Å². The van der Waals surface area contributed by atoms with Crippen LogP contribution in [-0.2, 0) is 5.41 Å². The molecule has 12 rings (SSSR count). The average Bonchev–Trinajstić information content (AvgIpc) is 3.83. The van der Waals surface area contributed by atoms with Gasteiger partial charge in [-0.25, -0.2) is 0 Å². The van der Waals surface area contributed by atoms with Gasteiger partial charge in [0.15, 0.2) is 0 Å². The number of rotatable bonds is 8. The van der Waals surface area contributed by atoms with Gasteiger partial charge in [-0.05, 0) is 141 Å². The molecule has 0 unspecified atom stereocenters. The summed E-state index contributed by atoms with van der Waals surface area (Å²) in [5.41, 5.74) is 13.5. The molecule has 3 heteroatoms. The first kappa shape index (κ1) is 33.5. The number of fused-ring (bicyclic) bond motifs is 7. The van der Waals surface area contributed by atoms with Gasteiger partial charge in [-0.3, -0.25) is 0 Å². The molecule has 0 atom stereocenters. The highest BCUT2D eigenvalue weighted by Crippen LogP contribution is 2.51. The van der Waals surface area contributed by atoms with Crippen LogP contribution in [0, 0.1) is 0 Å². The summed E-state index contributed by atoms with van der Waals surface area (Å²) < 4.78 is 40.6. The van der Waals surface area contributed by atoms with Crippen LogP contribution < -0.4 is 9.80 Å². The summed E-state index contributed by atoms with van der Waals surface area (Å²) in [6.45, 7) is 4.46. The Bertz CT molecular complexity index is 3740. The second-order valence-electron chi connectivity index (χ2n) is 17.1. The lowest BCUT2D eigenvalue weighted by atomic mass is 9.82. The van der Waals surface area contributed by atoms with Gasteiger partial charge < -0.3 is 14.4 Å². The molecule has 1 aliphatic rings. The first-order valence-electron chi connectivity index (χ1n) is 23.9. The van der Waals surface area contributed by atoms with E-state index in [1.807, 2.05) is 71.6 Å². The topological polar surface area (TPSA) is 11.4 Å². The summed E-state index contributed by atoms with van der Waals surface area (Å²) in [5, 5.41) is 4.29. The zero-order valence-electron chi connectivity index (χ0n) is 39.5. The van der Waals surface area contributed by atoms with E-state index in [9.17, 15) is 5.48 Å². The molecule has 0 saturated carbocycles. The van der Waals surface area contributed by atoms with Crippen molar-refractivity contribution in [3.8, 4) is 27.9 Å². The first-order valence-corrected chi connectivity index (χ1v) is 21.9. The molecule has 1 aromatic heterocycles. The van der Waals surface area contributed by atoms with Crippen molar-refractivity contribution in [1.82, 2.24) is 4.57 Å². The Hall–Kier alpha value is -8.14. The van der Waals surface area contributed by atoms with Crippen molar-refractivity contribution in [3.05, 3.63) is 248 Å². The van der Waals surface area contributed by atoms with E-state index in [0.29, 0.717) is 5.56 Å². The van der Waals surface area contributed by atoms with Crippen LogP contribution in [0.2, 0.25) is 0 Å². The molecule has 0 radical (unpaired) electrons. The van der Waals surface area contributed by atoms with Gasteiger partial charge in [0.05, 0.1) is 16.5 Å². The number of para-hydroxylation sites is 4. The van der Waals surface area contributed by atoms with E-state index in [-0.39, 0.29) is 40.8 Å². The predicted molar refractivity (Wildman–Crippen MR) is 271 cm³/mol. The normalized spacial score (nSPS) is 13.5. The van der Waals surface area contributed by atoms with Crippen molar-refractivity contribution >= 4 is 66.7 Å². The molecular weight excluding hydrogens is 775 g/mol. The molecule has 1 aliphatic carbocycles. The van der Waals surface area contributed by atoms with Crippen molar-refractivity contribution in [2.24, 2.45) is 0 Å². The second kappa shape index (κ2) is 15.0. The van der Waals surface area contributed by atoms with Gasteiger partial charge in [-0.15, -0.1) is 0 Å². The molecule has 0 saturated heterocycles. The molecule has 10 aromatic carbocycles. The Labute approximate surface area is 380 Å². The molecular formula is C61H45N3. The molecule has 0 spiro atoms. The Morgan fingerprint density at radius 1 is 0.375 bits per heavy atom. The largest absolute Gasteiger partial charge is 0.310 e. The van der Waals surface area contributed by atoms with Crippen LogP contribution in [0.5, 0.6) is 0 Å². The molecule has 64 heavy (non-hydrogen) atoms. The van der Waals surface area contributed by atoms with Crippen molar-refractivity contribution in [1.29, 1.82) is 0 Å². The van der Waals surface area contributed by atoms with Gasteiger partial charge in [0.25, 0.3) is 0 Å². The molecule has 0 bridgehead atoms. The molecule has 0 fully saturated rings. The number of hydrogen-bond acceptors (Lipinski definition) is 2. The zero-order chi connectivity index (χ0) is 46.3. The van der Waals surface area contributed by atoms with Crippen LogP contribution in [0.1, 0.15) is 30.5 Å². The summed E-state index contributed by atoms with van der Waals surface area (Å²) in [7, 11) is 0. The minimum Gasteiger partial charge on any atom is -0.310 e. The van der Waals surface area contributed by atoms with Crippen molar-refractivity contribution in [3.63, 3.8) is 0 Å². The van der Waals surface area contributed by atoms with E-state index < -0.39 is 0 Å². The fraction of sp³-hybridized carbons (Fsp3) is 0.0492. The fourth-order valence-electron chi connectivity index (χ4n) is 9.88. The van der Waals surface area contributed by atoms with Crippen molar-refractivity contribution in [2.45, 2.75) is 19.3 Å². The standard InChI is InChI=1S/C61H45N3/c1-61(2)57-24-14-12-22-53(57)54-36-34-51(40-58(54)61)62(46-16-6-3-7-17-46)49-31-28-42(29-32-49)43-26-27-45-39-50(33-30-44(45)38-43)63(47-18-8-4-9-19-47)52-35-37-56-55-23-13-15-25-59(55)64(60(56)41-52)48-20-10-5-11-21-48/h3-41H,1-2H3/i28D,29D,31D,32D. The smallest absolute Gasteiger partial charge is 0.0645 e. The van der Waals surface area contributed by atoms with E-state index in [1.54, 1.807) is 0 Å². The number of benzene rings is 10. The summed E-state index contributed by atoms with van der Waals surface area (Å²) in [6.07, 6.45) is 0. The Morgan fingerprint density at radius 2 is 0.922 bits per heavy atom. The van der Waals surface area contributed by atoms with Crippen LogP contribution in [0.4, 0.5) is 34.1 Å². The maximum Gasteiger partial charge on any atom is 0.0645 e. The molecule has 0 N–H and O–H groups in total. The maximum atomic E-state index is 9.59. The lowest BCUT2D eigenvalue weighted by Crippen LogP contribution is -2.16. The van der Waals surface area contributed by atoms with Crippen molar-refractivity contribution in [2.75, 3.05) is 9.80 Å². The van der Waals surface area contributed by atoms with Crippen LogP contribution in [0.15, 0.2) is 236 Å². The molecule has 3 nitrogen and oxygen atoms in total. The third-order valence-corrected chi connectivity index (χ3v) is 13.0. The van der Waals surface area contributed by atoms with E-state index >= 15 is 0 Å². The highest BCUT2D eigenvalue weighted by atomic mass is 15.1. The minimum atomic E-state index is -0.265. The van der Waals surface area contributed by atoms with Gasteiger partial charge in [0, 0.05) is 56.0 Å². The highest BCUT2D eigenvalue weighted by molar-refractivity contribution is 6.10. The van der Waals surface area contributed by atoms with Crippen molar-refractivity contribution < 1.29 is 5.48 Å². The molecule has 0 aliphatic heterocycles. The first-order chi connectivity index (χ1) is 33.2. The fourth-order valence-corrected chi connectivity index (χ4v) is 9.88. The third-order valence-electron chi connectivity index (χ3n) is 13.0. The van der Waals surface area contributed by atoms with Gasteiger partial charge in [0.1, 0.15) is 0 Å². The number of aromatic nitrogens is 1. The predicted octanol–water partition coefficient (Wildman–Crippen LogP) is 16.8. The lowest BCUT2D eigenvalue weighted by molar-refractivity contribution is 0.660. The molecule has 0 amide bonds. The summed E-state index contributed by atoms with van der Waals surface area (Å²) in [5.74, 6) is 0. The monoisotopic (exact) mass is 823 g/mol. The zero-order valence-corrected chi connectivity index (χ0v) is 35.5. The Kier molecular flexibility index (Phi) is 7.87. The summed E-state index contributed by atoms with van der Waals surface area (Å²) in [6, 6.07) is 72.6. The summed E-state index contributed by atoms with van der Waals surface area (Å²) in [4.78, 5) is 4.16. The molecule has 304 valence electrons. The van der Waals surface area contributed by atoms with Gasteiger partial charge in [0.2, 0.25) is 0 Å². The maximum absolute atomic E-state index is 9.59. The van der Waals surface area contributed by atoms with Gasteiger partial charge in [-0.2, -0.15) is 0 Å². The molecule has 11 aromatic rings. The van der Waals surface area contributed by atoms with E-state index in [4.69, 9.17) is 0 Å². The van der Waals surface area contributed by atoms with Gasteiger partial charge in [-0.1, -0.05) is 153 Å². The Balaban J connectivity index is 0.950. The van der Waals surface area contributed by atoms with Crippen LogP contribution >= 0.6 is 0 Å². The Morgan fingerprint density at radius 3 is 1.69 bits per heavy atom. The van der Waals surface area contributed by atoms with E-state index in [0.717, 1.165) is 61.5 Å². The third kappa shape index (κ3) is 6.20. The highest BCUT2D eigenvalue weighted by Gasteiger charge is 2.35. The van der Waals surface area contributed by atoms with E-state index in [1.165, 1.54) is 27.5 Å². The second-order valence-corrected chi connectivity index (χ2v) is 17.1. The number of anilines is 6.